The number of aliphatic hydroxyl groups excluding tert-OH is 1. The Bertz CT molecular complexity index is 613. The van der Waals surface area contributed by atoms with Crippen LogP contribution in [0.3, 0.4) is 0 Å². The van der Waals surface area contributed by atoms with Crippen molar-refractivity contribution in [2.24, 2.45) is 7.05 Å². The molecule has 2 aromatic rings. The topological polar surface area (TPSA) is 38.0 Å². The summed E-state index contributed by atoms with van der Waals surface area (Å²) in [5.74, 6) is -1.97. The van der Waals surface area contributed by atoms with Gasteiger partial charge in [0.1, 0.15) is 0 Å². The van der Waals surface area contributed by atoms with Crippen LogP contribution in [0, 0.1) is 18.6 Å². The van der Waals surface area contributed by atoms with Crippen molar-refractivity contribution >= 4 is 15.9 Å². The summed E-state index contributed by atoms with van der Waals surface area (Å²) in [4.78, 5) is 0. The fourth-order valence-electron chi connectivity index (χ4n) is 1.97. The maximum Gasteiger partial charge on any atom is 0.164 e. The maximum absolute atomic E-state index is 13.6. The molecule has 19 heavy (non-hydrogen) atoms. The number of aryl methyl sites for hydroxylation is 2. The van der Waals surface area contributed by atoms with Gasteiger partial charge in [0.2, 0.25) is 0 Å². The third-order valence-electron chi connectivity index (χ3n) is 2.99. The van der Waals surface area contributed by atoms with Gasteiger partial charge < -0.3 is 5.11 Å². The van der Waals surface area contributed by atoms with Gasteiger partial charge in [-0.05, 0) is 28.9 Å². The molecule has 6 heteroatoms. The molecule has 0 fully saturated rings. The van der Waals surface area contributed by atoms with E-state index in [0.29, 0.717) is 0 Å². The zero-order valence-electron chi connectivity index (χ0n) is 10.5. The number of aliphatic hydroxyl groups is 1. The highest BCUT2D eigenvalue weighted by Gasteiger charge is 2.20. The van der Waals surface area contributed by atoms with Crippen LogP contribution in [0.4, 0.5) is 8.78 Å². The largest absolute Gasteiger partial charge is 0.388 e. The number of halogens is 3. The van der Waals surface area contributed by atoms with Gasteiger partial charge in [-0.25, -0.2) is 8.78 Å². The first kappa shape index (κ1) is 14.1. The Morgan fingerprint density at radius 1 is 1.42 bits per heavy atom. The third-order valence-corrected chi connectivity index (χ3v) is 4.02. The minimum Gasteiger partial charge on any atom is -0.388 e. The summed E-state index contributed by atoms with van der Waals surface area (Å²) in [6.07, 6.45) is -0.972. The van der Waals surface area contributed by atoms with Crippen LogP contribution in [-0.2, 0) is 13.5 Å². The average molecular weight is 331 g/mol. The van der Waals surface area contributed by atoms with Crippen LogP contribution in [0.5, 0.6) is 0 Å². The molecular weight excluding hydrogens is 318 g/mol. The lowest BCUT2D eigenvalue weighted by atomic mass is 10.0. The van der Waals surface area contributed by atoms with Gasteiger partial charge in [0, 0.05) is 19.0 Å². The van der Waals surface area contributed by atoms with Crippen molar-refractivity contribution in [2.45, 2.75) is 19.4 Å². The number of benzene rings is 1. The van der Waals surface area contributed by atoms with Gasteiger partial charge in [-0.15, -0.1) is 0 Å². The van der Waals surface area contributed by atoms with E-state index in [2.05, 4.69) is 21.0 Å². The molecule has 0 aliphatic carbocycles. The molecule has 1 unspecified atom stereocenters. The van der Waals surface area contributed by atoms with Crippen molar-refractivity contribution in [2.75, 3.05) is 0 Å². The molecule has 0 aliphatic heterocycles. The first-order valence-electron chi connectivity index (χ1n) is 5.71. The first-order valence-corrected chi connectivity index (χ1v) is 6.51. The fourth-order valence-corrected chi connectivity index (χ4v) is 2.47. The fraction of sp³-hybridized carbons (Fsp3) is 0.308. The smallest absolute Gasteiger partial charge is 0.164 e. The molecule has 1 atom stereocenters. The molecule has 1 heterocycles. The van der Waals surface area contributed by atoms with Gasteiger partial charge in [-0.1, -0.05) is 12.1 Å². The van der Waals surface area contributed by atoms with Crippen molar-refractivity contribution in [1.29, 1.82) is 0 Å². The molecule has 102 valence electrons. The van der Waals surface area contributed by atoms with E-state index in [9.17, 15) is 13.9 Å². The van der Waals surface area contributed by atoms with E-state index in [1.165, 1.54) is 12.1 Å². The zero-order chi connectivity index (χ0) is 14.2. The number of nitrogens with zero attached hydrogens (tertiary/aromatic N) is 2. The molecule has 0 spiro atoms. The van der Waals surface area contributed by atoms with E-state index in [1.54, 1.807) is 11.7 Å². The summed E-state index contributed by atoms with van der Waals surface area (Å²) in [5, 5.41) is 14.3. The maximum atomic E-state index is 13.6. The lowest BCUT2D eigenvalue weighted by molar-refractivity contribution is 0.169. The summed E-state index contributed by atoms with van der Waals surface area (Å²) >= 11 is 3.37. The predicted octanol–water partition coefficient (Wildman–Crippen LogP) is 3.05. The van der Waals surface area contributed by atoms with Crippen molar-refractivity contribution < 1.29 is 13.9 Å². The highest BCUT2D eigenvalue weighted by Crippen LogP contribution is 2.27. The van der Waals surface area contributed by atoms with Gasteiger partial charge in [-0.3, -0.25) is 4.68 Å². The summed E-state index contributed by atoms with van der Waals surface area (Å²) in [7, 11) is 1.74. The summed E-state index contributed by atoms with van der Waals surface area (Å²) < 4.78 is 29.1. The van der Waals surface area contributed by atoms with Crippen LogP contribution >= 0.6 is 15.9 Å². The minimum absolute atomic E-state index is 0.0502. The second-order valence-corrected chi connectivity index (χ2v) is 5.13. The van der Waals surface area contributed by atoms with Gasteiger partial charge in [-0.2, -0.15) is 5.10 Å². The SMILES string of the molecule is Cc1nn(C)c(CC(O)c2cccc(F)c2F)c1Br. The van der Waals surface area contributed by atoms with E-state index in [-0.39, 0.29) is 12.0 Å². The normalized spacial score (nSPS) is 12.7. The monoisotopic (exact) mass is 330 g/mol. The van der Waals surface area contributed by atoms with E-state index < -0.39 is 17.7 Å². The zero-order valence-corrected chi connectivity index (χ0v) is 12.1. The van der Waals surface area contributed by atoms with Crippen LogP contribution in [0.1, 0.15) is 23.1 Å². The number of aromatic nitrogens is 2. The quantitative estimate of drug-likeness (QED) is 0.939. The second-order valence-electron chi connectivity index (χ2n) is 4.33. The Labute approximate surface area is 118 Å². The lowest BCUT2D eigenvalue weighted by Gasteiger charge is -2.13. The third kappa shape index (κ3) is 2.69. The molecule has 0 amide bonds. The number of hydrogen-bond acceptors (Lipinski definition) is 2. The van der Waals surface area contributed by atoms with E-state index >= 15 is 0 Å². The van der Waals surface area contributed by atoms with Gasteiger partial charge in [0.05, 0.1) is 22.0 Å². The summed E-state index contributed by atoms with van der Waals surface area (Å²) in [5.41, 5.74) is 1.46. The molecule has 2 rings (SSSR count). The highest BCUT2D eigenvalue weighted by atomic mass is 79.9. The van der Waals surface area contributed by atoms with E-state index in [0.717, 1.165) is 21.9 Å². The van der Waals surface area contributed by atoms with Crippen LogP contribution in [-0.4, -0.2) is 14.9 Å². The summed E-state index contributed by atoms with van der Waals surface area (Å²) in [6.45, 7) is 1.82. The van der Waals surface area contributed by atoms with Crippen LogP contribution in [0.15, 0.2) is 22.7 Å². The van der Waals surface area contributed by atoms with Crippen LogP contribution in [0.25, 0.3) is 0 Å². The Hall–Kier alpha value is -1.27. The summed E-state index contributed by atoms with van der Waals surface area (Å²) in [6, 6.07) is 3.77. The molecule has 1 aromatic carbocycles. The number of hydrogen-bond donors (Lipinski definition) is 1. The molecule has 1 N–H and O–H groups in total. The van der Waals surface area contributed by atoms with Crippen molar-refractivity contribution in [3.63, 3.8) is 0 Å². The Morgan fingerprint density at radius 3 is 2.68 bits per heavy atom. The highest BCUT2D eigenvalue weighted by molar-refractivity contribution is 9.10. The molecule has 0 saturated carbocycles. The molecule has 3 nitrogen and oxygen atoms in total. The Morgan fingerprint density at radius 2 is 2.11 bits per heavy atom. The van der Waals surface area contributed by atoms with Gasteiger partial charge in [0.15, 0.2) is 11.6 Å². The van der Waals surface area contributed by atoms with Gasteiger partial charge in [0.25, 0.3) is 0 Å². The lowest BCUT2D eigenvalue weighted by Crippen LogP contribution is -2.09. The molecule has 0 saturated heterocycles. The minimum atomic E-state index is -1.12. The molecule has 0 radical (unpaired) electrons. The number of rotatable bonds is 3. The Balaban J connectivity index is 2.31. The van der Waals surface area contributed by atoms with Gasteiger partial charge >= 0.3 is 0 Å². The predicted molar refractivity (Wildman–Crippen MR) is 70.7 cm³/mol. The molecular formula is C13H13BrF2N2O. The van der Waals surface area contributed by atoms with Crippen LogP contribution < -0.4 is 0 Å². The second kappa shape index (κ2) is 5.38. The average Bonchev–Trinajstić information content (AvgIpc) is 2.59. The molecule has 0 bridgehead atoms. The molecule has 1 aromatic heterocycles. The van der Waals surface area contributed by atoms with Crippen molar-refractivity contribution in [3.05, 3.63) is 51.3 Å². The van der Waals surface area contributed by atoms with Crippen molar-refractivity contribution in [3.8, 4) is 0 Å². The molecule has 0 aliphatic rings. The standard InChI is InChI=1S/C13H13BrF2N2O/c1-7-12(14)10(18(2)17-7)6-11(19)8-4-3-5-9(15)13(8)16/h3-5,11,19H,6H2,1-2H3. The van der Waals surface area contributed by atoms with Crippen LogP contribution in [0.2, 0.25) is 0 Å². The van der Waals surface area contributed by atoms with Crippen molar-refractivity contribution in [1.82, 2.24) is 9.78 Å². The van der Waals surface area contributed by atoms with E-state index in [1.807, 2.05) is 6.92 Å². The Kier molecular flexibility index (Phi) is 4.01. The van der Waals surface area contributed by atoms with E-state index in [4.69, 9.17) is 0 Å². The first-order chi connectivity index (χ1) is 8.91.